The predicted octanol–water partition coefficient (Wildman–Crippen LogP) is 1.42. The Morgan fingerprint density at radius 3 is 2.87 bits per heavy atom. The van der Waals surface area contributed by atoms with Gasteiger partial charge < -0.3 is 9.47 Å². The molecule has 1 aromatic rings. The number of nitrogens with zero attached hydrogens (tertiary/aromatic N) is 2. The Bertz CT molecular complexity index is 394. The number of aromatic nitrogens is 1. The Morgan fingerprint density at radius 1 is 1.60 bits per heavy atom. The molecule has 0 spiro atoms. The first-order valence-electron chi connectivity index (χ1n) is 4.22. The van der Waals surface area contributed by atoms with E-state index < -0.39 is 4.92 Å². The molecule has 0 N–H and O–H groups in total. The van der Waals surface area contributed by atoms with Crippen molar-refractivity contribution in [3.63, 3.8) is 0 Å². The van der Waals surface area contributed by atoms with Crippen LogP contribution in [0.4, 0.5) is 5.69 Å². The van der Waals surface area contributed by atoms with E-state index in [2.05, 4.69) is 4.98 Å². The fourth-order valence-corrected chi connectivity index (χ4v) is 1.22. The lowest BCUT2D eigenvalue weighted by Crippen LogP contribution is -2.38. The zero-order chi connectivity index (χ0) is 10.8. The number of hydrogen-bond acceptors (Lipinski definition) is 5. The Hall–Kier alpha value is -1.40. The van der Waals surface area contributed by atoms with Gasteiger partial charge >= 0.3 is 5.69 Å². The molecular weight excluding hydrogens is 224 g/mol. The van der Waals surface area contributed by atoms with Crippen LogP contribution in [-0.2, 0) is 4.74 Å². The maximum atomic E-state index is 10.6. The van der Waals surface area contributed by atoms with Gasteiger partial charge in [0, 0.05) is 6.07 Å². The van der Waals surface area contributed by atoms with Gasteiger partial charge in [-0.25, -0.2) is 0 Å². The second-order valence-corrected chi connectivity index (χ2v) is 3.38. The molecule has 0 bridgehead atoms. The highest BCUT2D eigenvalue weighted by Gasteiger charge is 2.25. The van der Waals surface area contributed by atoms with Crippen molar-refractivity contribution in [3.8, 4) is 5.88 Å². The third-order valence-electron chi connectivity index (χ3n) is 1.89. The first-order valence-corrected chi connectivity index (χ1v) is 4.60. The van der Waals surface area contributed by atoms with Crippen molar-refractivity contribution in [2.45, 2.75) is 6.10 Å². The van der Waals surface area contributed by atoms with Gasteiger partial charge in [-0.2, -0.15) is 4.98 Å². The summed E-state index contributed by atoms with van der Waals surface area (Å²) in [6.45, 7) is 0.844. The molecule has 0 unspecified atom stereocenters. The lowest BCUT2D eigenvalue weighted by Gasteiger charge is -2.25. The largest absolute Gasteiger partial charge is 0.465 e. The molecule has 0 aromatic carbocycles. The molecular formula is C8H7ClN2O4. The van der Waals surface area contributed by atoms with Crippen molar-refractivity contribution >= 4 is 17.3 Å². The third kappa shape index (κ3) is 2.16. The molecule has 0 aliphatic carbocycles. The summed E-state index contributed by atoms with van der Waals surface area (Å²) in [5.74, 6) is -0.0548. The zero-order valence-corrected chi connectivity index (χ0v) is 8.31. The number of pyridine rings is 1. The van der Waals surface area contributed by atoms with Crippen LogP contribution in [0.5, 0.6) is 5.88 Å². The molecule has 6 nitrogen and oxygen atoms in total. The van der Waals surface area contributed by atoms with Crippen LogP contribution in [0, 0.1) is 10.1 Å². The average molecular weight is 231 g/mol. The van der Waals surface area contributed by atoms with Gasteiger partial charge in [0.25, 0.3) is 5.88 Å². The van der Waals surface area contributed by atoms with Crippen LogP contribution in [0.25, 0.3) is 0 Å². The predicted molar refractivity (Wildman–Crippen MR) is 51.1 cm³/mol. The van der Waals surface area contributed by atoms with Crippen molar-refractivity contribution in [3.05, 3.63) is 27.4 Å². The maximum Gasteiger partial charge on any atom is 0.331 e. The smallest absolute Gasteiger partial charge is 0.331 e. The third-order valence-corrected chi connectivity index (χ3v) is 2.10. The van der Waals surface area contributed by atoms with Gasteiger partial charge in [0.15, 0.2) is 0 Å². The van der Waals surface area contributed by atoms with Crippen LogP contribution < -0.4 is 4.74 Å². The van der Waals surface area contributed by atoms with Crippen molar-refractivity contribution in [2.24, 2.45) is 0 Å². The maximum absolute atomic E-state index is 10.6. The summed E-state index contributed by atoms with van der Waals surface area (Å²) < 4.78 is 10.1. The minimum absolute atomic E-state index is 0.0548. The van der Waals surface area contributed by atoms with Crippen LogP contribution in [0.1, 0.15) is 0 Å². The Morgan fingerprint density at radius 2 is 2.33 bits per heavy atom. The van der Waals surface area contributed by atoms with E-state index in [9.17, 15) is 10.1 Å². The lowest BCUT2D eigenvalue weighted by molar-refractivity contribution is -0.386. The first kappa shape index (κ1) is 10.1. The number of rotatable bonds is 3. The monoisotopic (exact) mass is 230 g/mol. The molecule has 1 aromatic heterocycles. The molecule has 1 aliphatic rings. The molecule has 1 saturated heterocycles. The lowest BCUT2D eigenvalue weighted by atomic mass is 10.3. The van der Waals surface area contributed by atoms with E-state index >= 15 is 0 Å². The fraction of sp³-hybridized carbons (Fsp3) is 0.375. The second-order valence-electron chi connectivity index (χ2n) is 2.99. The SMILES string of the molecule is O=[N+]([O-])c1ccc(Cl)nc1OC1COC1. The Kier molecular flexibility index (Phi) is 2.70. The van der Waals surface area contributed by atoms with Crippen LogP contribution in [0.15, 0.2) is 12.1 Å². The summed E-state index contributed by atoms with van der Waals surface area (Å²) in [4.78, 5) is 13.8. The van der Waals surface area contributed by atoms with E-state index in [1.807, 2.05) is 0 Å². The zero-order valence-electron chi connectivity index (χ0n) is 7.55. The van der Waals surface area contributed by atoms with Crippen LogP contribution in [-0.4, -0.2) is 29.2 Å². The summed E-state index contributed by atoms with van der Waals surface area (Å²) in [5, 5.41) is 10.8. The van der Waals surface area contributed by atoms with E-state index in [-0.39, 0.29) is 22.8 Å². The van der Waals surface area contributed by atoms with Gasteiger partial charge in [0.05, 0.1) is 18.1 Å². The molecule has 7 heteroatoms. The van der Waals surface area contributed by atoms with E-state index in [4.69, 9.17) is 21.1 Å². The quantitative estimate of drug-likeness (QED) is 0.446. The minimum atomic E-state index is -0.557. The van der Waals surface area contributed by atoms with Crippen LogP contribution >= 0.6 is 11.6 Å². The fourth-order valence-electron chi connectivity index (χ4n) is 1.08. The average Bonchev–Trinajstić information content (AvgIpc) is 2.11. The minimum Gasteiger partial charge on any atom is -0.465 e. The van der Waals surface area contributed by atoms with Crippen LogP contribution in [0.3, 0.4) is 0 Å². The number of hydrogen-bond donors (Lipinski definition) is 0. The number of halogens is 1. The summed E-state index contributed by atoms with van der Waals surface area (Å²) in [6, 6.07) is 2.62. The topological polar surface area (TPSA) is 74.5 Å². The van der Waals surface area contributed by atoms with Gasteiger partial charge in [-0.05, 0) is 6.07 Å². The molecule has 2 heterocycles. The van der Waals surface area contributed by atoms with E-state index in [1.165, 1.54) is 12.1 Å². The number of nitro groups is 1. The Labute approximate surface area is 89.9 Å². The molecule has 0 radical (unpaired) electrons. The van der Waals surface area contributed by atoms with Crippen molar-refractivity contribution in [2.75, 3.05) is 13.2 Å². The van der Waals surface area contributed by atoms with Crippen LogP contribution in [0.2, 0.25) is 5.15 Å². The highest BCUT2D eigenvalue weighted by molar-refractivity contribution is 6.29. The summed E-state index contributed by atoms with van der Waals surface area (Å²) >= 11 is 5.62. The normalized spacial score (nSPS) is 15.8. The molecule has 0 saturated carbocycles. The Balaban J connectivity index is 2.24. The summed E-state index contributed by atoms with van der Waals surface area (Å²) in [6.07, 6.45) is -0.172. The summed E-state index contributed by atoms with van der Waals surface area (Å²) in [7, 11) is 0. The van der Waals surface area contributed by atoms with Gasteiger partial charge in [0.2, 0.25) is 0 Å². The van der Waals surface area contributed by atoms with Gasteiger partial charge in [0.1, 0.15) is 11.3 Å². The standard InChI is InChI=1S/C8H7ClN2O4/c9-7-2-1-6(11(12)13)8(10-7)15-5-3-14-4-5/h1-2,5H,3-4H2. The first-order chi connectivity index (χ1) is 7.16. The highest BCUT2D eigenvalue weighted by Crippen LogP contribution is 2.27. The van der Waals surface area contributed by atoms with E-state index in [0.717, 1.165) is 0 Å². The second kappa shape index (κ2) is 4.00. The van der Waals surface area contributed by atoms with E-state index in [0.29, 0.717) is 13.2 Å². The van der Waals surface area contributed by atoms with Gasteiger partial charge in [-0.3, -0.25) is 10.1 Å². The molecule has 1 fully saturated rings. The van der Waals surface area contributed by atoms with Crippen molar-refractivity contribution in [1.82, 2.24) is 4.98 Å². The molecule has 1 aliphatic heterocycles. The molecule has 0 amide bonds. The van der Waals surface area contributed by atoms with E-state index in [1.54, 1.807) is 0 Å². The molecule has 80 valence electrons. The molecule has 0 atom stereocenters. The van der Waals surface area contributed by atoms with Gasteiger partial charge in [-0.1, -0.05) is 11.6 Å². The molecule has 15 heavy (non-hydrogen) atoms. The molecule has 2 rings (SSSR count). The van der Waals surface area contributed by atoms with Gasteiger partial charge in [-0.15, -0.1) is 0 Å². The van der Waals surface area contributed by atoms with Crippen molar-refractivity contribution < 1.29 is 14.4 Å². The summed E-state index contributed by atoms with van der Waals surface area (Å²) in [5.41, 5.74) is -0.189. The number of ether oxygens (including phenoxy) is 2. The highest BCUT2D eigenvalue weighted by atomic mass is 35.5. The van der Waals surface area contributed by atoms with Crippen molar-refractivity contribution in [1.29, 1.82) is 0 Å².